The van der Waals surface area contributed by atoms with Crippen molar-refractivity contribution in [2.75, 3.05) is 0 Å². The number of ketones is 1. The van der Waals surface area contributed by atoms with E-state index in [1.54, 1.807) is 0 Å². The topological polar surface area (TPSA) is 52.3 Å². The molecule has 6 heteroatoms. The number of rotatable bonds is 1. The summed E-state index contributed by atoms with van der Waals surface area (Å²) in [6.45, 7) is 0. The third-order valence-corrected chi connectivity index (χ3v) is 4.76. The van der Waals surface area contributed by atoms with Gasteiger partial charge in [0.2, 0.25) is 0 Å². The van der Waals surface area contributed by atoms with E-state index >= 15 is 0 Å². The van der Waals surface area contributed by atoms with E-state index in [1.807, 2.05) is 12.1 Å². The van der Waals surface area contributed by atoms with Crippen molar-refractivity contribution in [1.82, 2.24) is 5.16 Å². The molecule has 4 nitrogen and oxygen atoms in total. The number of ether oxygens (including phenoxy) is 1. The van der Waals surface area contributed by atoms with E-state index in [1.165, 1.54) is 0 Å². The van der Waals surface area contributed by atoms with Crippen molar-refractivity contribution in [3.63, 3.8) is 0 Å². The van der Waals surface area contributed by atoms with Gasteiger partial charge in [-0.1, -0.05) is 16.8 Å². The van der Waals surface area contributed by atoms with Gasteiger partial charge in [0.25, 0.3) is 0 Å². The molecule has 0 N–H and O–H groups in total. The molecule has 1 aliphatic heterocycles. The largest absolute Gasteiger partial charge is 0.481 e. The van der Waals surface area contributed by atoms with Crippen LogP contribution in [-0.2, 0) is 24.1 Å². The molecule has 2 aliphatic rings. The van der Waals surface area contributed by atoms with Crippen LogP contribution in [0, 0.1) is 0 Å². The maximum Gasteiger partial charge on any atom is 0.181 e. The molecule has 0 spiro atoms. The van der Waals surface area contributed by atoms with Gasteiger partial charge in [-0.15, -0.1) is 0 Å². The number of carbonyl (C=O) groups excluding carboxylic acids is 1. The lowest BCUT2D eigenvalue weighted by Gasteiger charge is -2.12. The molecule has 0 unspecified atom stereocenters. The summed E-state index contributed by atoms with van der Waals surface area (Å²) < 4.78 is 12.3. The lowest BCUT2D eigenvalue weighted by atomic mass is 9.93. The minimum atomic E-state index is -0.239. The van der Waals surface area contributed by atoms with Crippen molar-refractivity contribution < 1.29 is 14.1 Å². The Morgan fingerprint density at radius 1 is 1.33 bits per heavy atom. The monoisotopic (exact) mass is 367 g/mol. The van der Waals surface area contributed by atoms with Crippen molar-refractivity contribution >= 4 is 33.3 Å². The molecule has 0 fully saturated rings. The number of carbonyl (C=O) groups is 1. The highest BCUT2D eigenvalue weighted by Gasteiger charge is 2.34. The molecule has 0 bridgehead atoms. The van der Waals surface area contributed by atoms with Gasteiger partial charge in [-0.3, -0.25) is 4.79 Å². The number of Topliss-reactive ketones (excluding diaryl/α,β-unsaturated/α-hetero) is 1. The van der Waals surface area contributed by atoms with E-state index in [0.717, 1.165) is 27.0 Å². The van der Waals surface area contributed by atoms with Crippen molar-refractivity contribution in [3.8, 4) is 5.75 Å². The fourth-order valence-electron chi connectivity index (χ4n) is 2.97. The van der Waals surface area contributed by atoms with E-state index < -0.39 is 0 Å². The summed E-state index contributed by atoms with van der Waals surface area (Å²) >= 11 is 9.53. The Morgan fingerprint density at radius 3 is 3.05 bits per heavy atom. The van der Waals surface area contributed by atoms with E-state index in [4.69, 9.17) is 20.9 Å². The Hall–Kier alpha value is -1.33. The molecule has 1 atom stereocenters. The van der Waals surface area contributed by atoms with Crippen molar-refractivity contribution in [1.29, 1.82) is 0 Å². The Kier molecular flexibility index (Phi) is 3.08. The molecule has 2 heterocycles. The molecule has 0 saturated carbocycles. The number of hydrogen-bond donors (Lipinski definition) is 0. The first-order chi connectivity index (χ1) is 10.1. The molecule has 4 rings (SSSR count). The molecular weight excluding hydrogens is 358 g/mol. The van der Waals surface area contributed by atoms with Crippen LogP contribution in [0.15, 0.2) is 21.1 Å². The average Bonchev–Trinajstić information content (AvgIpc) is 3.01. The normalized spacial score (nSPS) is 20.1. The molecule has 2 aromatic rings. The van der Waals surface area contributed by atoms with E-state index in [0.29, 0.717) is 36.5 Å². The van der Waals surface area contributed by atoms with Crippen LogP contribution >= 0.6 is 27.5 Å². The summed E-state index contributed by atoms with van der Waals surface area (Å²) in [7, 11) is 0. The number of aromatic nitrogens is 1. The van der Waals surface area contributed by atoms with E-state index in [2.05, 4.69) is 21.1 Å². The summed E-state index contributed by atoms with van der Waals surface area (Å²) in [5.41, 5.74) is 2.83. The van der Waals surface area contributed by atoms with Crippen LogP contribution in [0.3, 0.4) is 0 Å². The zero-order valence-electron chi connectivity index (χ0n) is 11.0. The fraction of sp³-hybridized carbons (Fsp3) is 0.333. The molecular formula is C15H11BrClNO3. The minimum Gasteiger partial charge on any atom is -0.481 e. The first-order valence-electron chi connectivity index (χ1n) is 6.75. The Balaban J connectivity index is 1.70. The van der Waals surface area contributed by atoms with Gasteiger partial charge < -0.3 is 9.26 Å². The number of halogens is 2. The maximum absolute atomic E-state index is 11.7. The fourth-order valence-corrected chi connectivity index (χ4v) is 3.93. The van der Waals surface area contributed by atoms with Gasteiger partial charge in [0.1, 0.15) is 11.5 Å². The Labute approximate surface area is 134 Å². The first-order valence-corrected chi connectivity index (χ1v) is 7.92. The van der Waals surface area contributed by atoms with Crippen molar-refractivity contribution in [2.45, 2.75) is 31.8 Å². The van der Waals surface area contributed by atoms with Gasteiger partial charge in [-0.25, -0.2) is 0 Å². The highest BCUT2D eigenvalue weighted by Crippen LogP contribution is 2.44. The Bertz CT molecular complexity index is 756. The number of fused-ring (bicyclic) bond motifs is 2. The molecule has 1 aromatic carbocycles. The summed E-state index contributed by atoms with van der Waals surface area (Å²) in [5, 5.41) is 4.76. The van der Waals surface area contributed by atoms with Gasteiger partial charge >= 0.3 is 0 Å². The van der Waals surface area contributed by atoms with Crippen LogP contribution in [-0.4, -0.2) is 10.9 Å². The van der Waals surface area contributed by atoms with E-state index in [9.17, 15) is 4.79 Å². The van der Waals surface area contributed by atoms with Crippen molar-refractivity contribution in [3.05, 3.63) is 44.2 Å². The standard InChI is InChI=1S/C15H11BrClNO3/c16-11-5-8(17)3-7-4-13(20-14(7)11)15-10-6-9(19)1-2-12(10)18-21-15/h3,5,13H,1-2,4,6H2/t13-/m1/s1. The van der Waals surface area contributed by atoms with E-state index in [-0.39, 0.29) is 11.9 Å². The molecule has 21 heavy (non-hydrogen) atoms. The van der Waals surface area contributed by atoms with Gasteiger partial charge in [0.05, 0.1) is 10.2 Å². The summed E-state index contributed by atoms with van der Waals surface area (Å²) in [6.07, 6.45) is 2.03. The van der Waals surface area contributed by atoms with Crippen LogP contribution in [0.2, 0.25) is 5.02 Å². The van der Waals surface area contributed by atoms with Crippen LogP contribution in [0.1, 0.15) is 35.1 Å². The maximum atomic E-state index is 11.7. The molecule has 0 amide bonds. The molecule has 0 saturated heterocycles. The van der Waals surface area contributed by atoms with Gasteiger partial charge in [0.15, 0.2) is 11.9 Å². The zero-order valence-corrected chi connectivity index (χ0v) is 13.3. The highest BCUT2D eigenvalue weighted by molar-refractivity contribution is 9.10. The third-order valence-electron chi connectivity index (χ3n) is 3.96. The van der Waals surface area contributed by atoms with Gasteiger partial charge in [-0.05, 0) is 28.1 Å². The average molecular weight is 369 g/mol. The van der Waals surface area contributed by atoms with Gasteiger partial charge in [-0.2, -0.15) is 0 Å². The predicted molar refractivity (Wildman–Crippen MR) is 79.8 cm³/mol. The second-order valence-electron chi connectivity index (χ2n) is 5.37. The second kappa shape index (κ2) is 4.85. The lowest BCUT2D eigenvalue weighted by molar-refractivity contribution is -0.118. The molecule has 108 valence electrons. The Morgan fingerprint density at radius 2 is 2.19 bits per heavy atom. The number of nitrogens with zero attached hydrogens (tertiary/aromatic N) is 1. The second-order valence-corrected chi connectivity index (χ2v) is 6.66. The minimum absolute atomic E-state index is 0.228. The molecule has 1 aliphatic carbocycles. The zero-order chi connectivity index (χ0) is 14.6. The molecule has 0 radical (unpaired) electrons. The van der Waals surface area contributed by atoms with Gasteiger partial charge in [0, 0.05) is 41.8 Å². The quantitative estimate of drug-likeness (QED) is 0.768. The van der Waals surface area contributed by atoms with Crippen LogP contribution in [0.5, 0.6) is 5.75 Å². The smallest absolute Gasteiger partial charge is 0.181 e. The number of aryl methyl sites for hydroxylation is 1. The lowest BCUT2D eigenvalue weighted by Crippen LogP contribution is -2.15. The SMILES string of the molecule is O=C1CCc2noc([C@H]3Cc4cc(Cl)cc(Br)c4O3)c2C1. The highest BCUT2D eigenvalue weighted by atomic mass is 79.9. The summed E-state index contributed by atoms with van der Waals surface area (Å²) in [4.78, 5) is 11.7. The third kappa shape index (κ3) is 2.19. The summed E-state index contributed by atoms with van der Waals surface area (Å²) in [5.74, 6) is 1.70. The van der Waals surface area contributed by atoms with Crippen molar-refractivity contribution in [2.24, 2.45) is 0 Å². The van der Waals surface area contributed by atoms with Crippen LogP contribution < -0.4 is 4.74 Å². The number of hydrogen-bond acceptors (Lipinski definition) is 4. The predicted octanol–water partition coefficient (Wildman–Crippen LogP) is 3.82. The number of benzene rings is 1. The van der Waals surface area contributed by atoms with Crippen LogP contribution in [0.25, 0.3) is 0 Å². The molecule has 1 aromatic heterocycles. The summed E-state index contributed by atoms with van der Waals surface area (Å²) in [6, 6.07) is 3.71. The first kappa shape index (κ1) is 13.3. The van der Waals surface area contributed by atoms with Crippen LogP contribution in [0.4, 0.5) is 0 Å².